The molecule has 0 saturated heterocycles. The number of ether oxygens (including phenoxy) is 2. The lowest BCUT2D eigenvalue weighted by molar-refractivity contribution is -0.132. The second kappa shape index (κ2) is 6.79. The Hall–Kier alpha value is -2.49. The fourth-order valence-corrected chi connectivity index (χ4v) is 3.56. The molecule has 0 saturated carbocycles. The Kier molecular flexibility index (Phi) is 4.71. The highest BCUT2D eigenvalue weighted by Crippen LogP contribution is 2.40. The molecule has 0 unspecified atom stereocenters. The third-order valence-corrected chi connectivity index (χ3v) is 4.84. The summed E-state index contributed by atoms with van der Waals surface area (Å²) in [5.41, 5.74) is 3.24. The summed E-state index contributed by atoms with van der Waals surface area (Å²) < 4.78 is 10.9. The van der Waals surface area contributed by atoms with Crippen molar-refractivity contribution in [1.82, 2.24) is 4.90 Å². The minimum Gasteiger partial charge on any atom is -0.493 e. The molecule has 2 aromatic carbocycles. The monoisotopic (exact) mass is 339 g/mol. The highest BCUT2D eigenvalue weighted by molar-refractivity contribution is 5.79. The molecule has 3 rings (SSSR count). The molecule has 2 aromatic rings. The minimum atomic E-state index is -0.139. The van der Waals surface area contributed by atoms with E-state index in [0.717, 1.165) is 16.9 Å². The summed E-state index contributed by atoms with van der Waals surface area (Å²) in [7, 11) is 3.28. The molecule has 4 nitrogen and oxygen atoms in total. The molecule has 0 aliphatic carbocycles. The summed E-state index contributed by atoms with van der Waals surface area (Å²) >= 11 is 0. The maximum absolute atomic E-state index is 12.8. The lowest BCUT2D eigenvalue weighted by atomic mass is 9.78. The van der Waals surface area contributed by atoms with Gasteiger partial charge in [0, 0.05) is 18.5 Å². The van der Waals surface area contributed by atoms with Gasteiger partial charge in [-0.2, -0.15) is 0 Å². The van der Waals surface area contributed by atoms with Gasteiger partial charge in [-0.25, -0.2) is 0 Å². The molecule has 1 aliphatic heterocycles. The molecule has 1 amide bonds. The number of carbonyl (C=O) groups is 1. The SMILES string of the molecule is COc1cc2c(cc1OC)C(C)(C)CN(C(=O)Cc1ccccc1)C2. The van der Waals surface area contributed by atoms with Crippen molar-refractivity contribution in [3.63, 3.8) is 0 Å². The summed E-state index contributed by atoms with van der Waals surface area (Å²) in [4.78, 5) is 14.8. The van der Waals surface area contributed by atoms with Gasteiger partial charge in [0.25, 0.3) is 0 Å². The molecule has 0 atom stereocenters. The van der Waals surface area contributed by atoms with E-state index in [1.807, 2.05) is 47.4 Å². The average molecular weight is 339 g/mol. The van der Waals surface area contributed by atoms with Crippen LogP contribution in [0.15, 0.2) is 42.5 Å². The van der Waals surface area contributed by atoms with Gasteiger partial charge in [0.1, 0.15) is 0 Å². The van der Waals surface area contributed by atoms with Gasteiger partial charge in [-0.15, -0.1) is 0 Å². The van der Waals surface area contributed by atoms with Crippen LogP contribution in [0.2, 0.25) is 0 Å². The lowest BCUT2D eigenvalue weighted by Gasteiger charge is -2.40. The fraction of sp³-hybridized carbons (Fsp3) is 0.381. The number of hydrogen-bond acceptors (Lipinski definition) is 3. The van der Waals surface area contributed by atoms with Crippen molar-refractivity contribution in [3.05, 3.63) is 59.2 Å². The van der Waals surface area contributed by atoms with E-state index in [0.29, 0.717) is 25.3 Å². The second-order valence-electron chi connectivity index (χ2n) is 7.16. The first-order chi connectivity index (χ1) is 11.9. The largest absolute Gasteiger partial charge is 0.493 e. The van der Waals surface area contributed by atoms with E-state index in [1.54, 1.807) is 14.2 Å². The standard InChI is InChI=1S/C21H25NO3/c1-21(2)14-22(20(23)10-15-8-6-5-7-9-15)13-16-11-18(24-3)19(25-4)12-17(16)21/h5-9,11-12H,10,13-14H2,1-4H3. The highest BCUT2D eigenvalue weighted by atomic mass is 16.5. The van der Waals surface area contributed by atoms with E-state index in [2.05, 4.69) is 13.8 Å². The molecule has 0 radical (unpaired) electrons. The Bertz CT molecular complexity index is 768. The molecule has 0 spiro atoms. The van der Waals surface area contributed by atoms with Gasteiger partial charge in [-0.3, -0.25) is 4.79 Å². The normalized spacial score (nSPS) is 15.4. The Morgan fingerprint density at radius 3 is 2.36 bits per heavy atom. The molecule has 132 valence electrons. The number of nitrogens with zero attached hydrogens (tertiary/aromatic N) is 1. The quantitative estimate of drug-likeness (QED) is 0.855. The Morgan fingerprint density at radius 1 is 1.08 bits per heavy atom. The van der Waals surface area contributed by atoms with E-state index in [4.69, 9.17) is 9.47 Å². The molecule has 1 heterocycles. The topological polar surface area (TPSA) is 38.8 Å². The van der Waals surface area contributed by atoms with Crippen LogP contribution in [0.3, 0.4) is 0 Å². The van der Waals surface area contributed by atoms with Crippen molar-refractivity contribution in [3.8, 4) is 11.5 Å². The molecule has 0 aromatic heterocycles. The first kappa shape index (κ1) is 17.3. The Labute approximate surface area is 149 Å². The number of carbonyl (C=O) groups excluding carboxylic acids is 1. The van der Waals surface area contributed by atoms with E-state index in [1.165, 1.54) is 5.56 Å². The molecule has 0 bridgehead atoms. The van der Waals surface area contributed by atoms with Crippen LogP contribution in [-0.4, -0.2) is 31.6 Å². The van der Waals surface area contributed by atoms with Gasteiger partial charge in [-0.1, -0.05) is 44.2 Å². The van der Waals surface area contributed by atoms with Crippen LogP contribution in [0.1, 0.15) is 30.5 Å². The van der Waals surface area contributed by atoms with Crippen LogP contribution in [0.4, 0.5) is 0 Å². The van der Waals surface area contributed by atoms with Gasteiger partial charge < -0.3 is 14.4 Å². The van der Waals surface area contributed by atoms with Crippen molar-refractivity contribution in [2.75, 3.05) is 20.8 Å². The van der Waals surface area contributed by atoms with Crippen LogP contribution in [-0.2, 0) is 23.2 Å². The summed E-state index contributed by atoms with van der Waals surface area (Å²) in [5.74, 6) is 1.59. The van der Waals surface area contributed by atoms with Gasteiger partial charge in [-0.05, 0) is 28.8 Å². The third-order valence-electron chi connectivity index (χ3n) is 4.84. The zero-order valence-electron chi connectivity index (χ0n) is 15.3. The third kappa shape index (κ3) is 3.48. The molecule has 4 heteroatoms. The van der Waals surface area contributed by atoms with Crippen molar-refractivity contribution >= 4 is 5.91 Å². The van der Waals surface area contributed by atoms with Crippen LogP contribution < -0.4 is 9.47 Å². The van der Waals surface area contributed by atoms with Gasteiger partial charge in [0.05, 0.1) is 20.6 Å². The van der Waals surface area contributed by atoms with Gasteiger partial charge in [0.2, 0.25) is 5.91 Å². The van der Waals surface area contributed by atoms with Crippen molar-refractivity contribution in [2.24, 2.45) is 0 Å². The van der Waals surface area contributed by atoms with Crippen molar-refractivity contribution in [1.29, 1.82) is 0 Å². The fourth-order valence-electron chi connectivity index (χ4n) is 3.56. The van der Waals surface area contributed by atoms with E-state index in [9.17, 15) is 4.79 Å². The molecule has 0 N–H and O–H groups in total. The van der Waals surface area contributed by atoms with Gasteiger partial charge in [0.15, 0.2) is 11.5 Å². The van der Waals surface area contributed by atoms with Crippen molar-refractivity contribution < 1.29 is 14.3 Å². The Balaban J connectivity index is 1.89. The van der Waals surface area contributed by atoms with Crippen molar-refractivity contribution in [2.45, 2.75) is 32.2 Å². The van der Waals surface area contributed by atoms with Crippen LogP contribution in [0, 0.1) is 0 Å². The highest BCUT2D eigenvalue weighted by Gasteiger charge is 2.35. The van der Waals surface area contributed by atoms with Gasteiger partial charge >= 0.3 is 0 Å². The zero-order chi connectivity index (χ0) is 18.0. The molecule has 0 fully saturated rings. The van der Waals surface area contributed by atoms with E-state index < -0.39 is 0 Å². The summed E-state index contributed by atoms with van der Waals surface area (Å²) in [6.45, 7) is 5.63. The molecular weight excluding hydrogens is 314 g/mol. The number of rotatable bonds is 4. The zero-order valence-corrected chi connectivity index (χ0v) is 15.3. The van der Waals surface area contributed by atoms with E-state index >= 15 is 0 Å². The number of methoxy groups -OCH3 is 2. The predicted octanol–water partition coefficient (Wildman–Crippen LogP) is 3.57. The summed E-state index contributed by atoms with van der Waals surface area (Å²) in [6, 6.07) is 13.9. The maximum atomic E-state index is 12.8. The van der Waals surface area contributed by atoms with E-state index in [-0.39, 0.29) is 11.3 Å². The summed E-state index contributed by atoms with van der Waals surface area (Å²) in [5, 5.41) is 0. The number of hydrogen-bond donors (Lipinski definition) is 0. The number of benzene rings is 2. The Morgan fingerprint density at radius 2 is 1.72 bits per heavy atom. The summed E-state index contributed by atoms with van der Waals surface area (Å²) in [6.07, 6.45) is 0.430. The molecular formula is C21H25NO3. The predicted molar refractivity (Wildman–Crippen MR) is 98.1 cm³/mol. The smallest absolute Gasteiger partial charge is 0.227 e. The first-order valence-electron chi connectivity index (χ1n) is 8.51. The van der Waals surface area contributed by atoms with Crippen LogP contribution in [0.5, 0.6) is 11.5 Å². The molecule has 1 aliphatic rings. The number of amides is 1. The lowest BCUT2D eigenvalue weighted by Crippen LogP contribution is -2.45. The average Bonchev–Trinajstić information content (AvgIpc) is 2.60. The maximum Gasteiger partial charge on any atom is 0.227 e. The minimum absolute atomic E-state index is 0.139. The number of fused-ring (bicyclic) bond motifs is 1. The first-order valence-corrected chi connectivity index (χ1v) is 8.51. The second-order valence-corrected chi connectivity index (χ2v) is 7.16. The molecule has 25 heavy (non-hydrogen) atoms. The van der Waals surface area contributed by atoms with Crippen LogP contribution in [0.25, 0.3) is 0 Å². The van der Waals surface area contributed by atoms with Crippen LogP contribution >= 0.6 is 0 Å².